The van der Waals surface area contributed by atoms with Gasteiger partial charge in [-0.25, -0.2) is 13.2 Å². The van der Waals surface area contributed by atoms with Crippen molar-refractivity contribution in [3.63, 3.8) is 0 Å². The molecule has 5 heteroatoms. The molecule has 2 nitrogen and oxygen atoms in total. The average Bonchev–Trinajstić information content (AvgIpc) is 2.22. The fourth-order valence-corrected chi connectivity index (χ4v) is 1.51. The topological polar surface area (TPSA) is 35.2 Å². The lowest BCUT2D eigenvalue weighted by molar-refractivity contribution is 0.0636. The second-order valence-corrected chi connectivity index (χ2v) is 4.40. The monoisotopic (exact) mass is 247 g/mol. The van der Waals surface area contributed by atoms with E-state index in [-0.39, 0.29) is 6.42 Å². The highest BCUT2D eigenvalue weighted by Crippen LogP contribution is 2.27. The Bertz CT molecular complexity index is 405. The van der Waals surface area contributed by atoms with Crippen molar-refractivity contribution in [2.75, 3.05) is 7.11 Å². The van der Waals surface area contributed by atoms with Gasteiger partial charge in [-0.3, -0.25) is 0 Å². The predicted octanol–water partition coefficient (Wildman–Crippen LogP) is 2.67. The zero-order valence-corrected chi connectivity index (χ0v) is 10.1. The Labute approximate surface area is 98.6 Å². The SMILES string of the molecule is COc1cc(C)c(F)cc1CC(C)(N)C(F)F. The van der Waals surface area contributed by atoms with E-state index in [1.165, 1.54) is 26.2 Å². The van der Waals surface area contributed by atoms with Gasteiger partial charge >= 0.3 is 0 Å². The number of aryl methyl sites for hydroxylation is 1. The fourth-order valence-electron chi connectivity index (χ4n) is 1.51. The van der Waals surface area contributed by atoms with Crippen molar-refractivity contribution in [3.8, 4) is 5.75 Å². The lowest BCUT2D eigenvalue weighted by Crippen LogP contribution is -2.45. The molecule has 1 aromatic carbocycles. The quantitative estimate of drug-likeness (QED) is 0.887. The molecule has 17 heavy (non-hydrogen) atoms. The van der Waals surface area contributed by atoms with Crippen LogP contribution in [0, 0.1) is 12.7 Å². The molecule has 1 atom stereocenters. The van der Waals surface area contributed by atoms with Crippen molar-refractivity contribution in [2.24, 2.45) is 5.73 Å². The zero-order chi connectivity index (χ0) is 13.2. The predicted molar refractivity (Wildman–Crippen MR) is 60.0 cm³/mol. The molecule has 0 aliphatic rings. The van der Waals surface area contributed by atoms with Crippen LogP contribution < -0.4 is 10.5 Å². The van der Waals surface area contributed by atoms with E-state index >= 15 is 0 Å². The Morgan fingerprint density at radius 3 is 2.47 bits per heavy atom. The Morgan fingerprint density at radius 1 is 1.41 bits per heavy atom. The summed E-state index contributed by atoms with van der Waals surface area (Å²) in [6.45, 7) is 2.81. The van der Waals surface area contributed by atoms with Gasteiger partial charge in [-0.2, -0.15) is 0 Å². The first kappa shape index (κ1) is 13.8. The first-order valence-electron chi connectivity index (χ1n) is 5.18. The molecule has 1 aromatic rings. The summed E-state index contributed by atoms with van der Waals surface area (Å²) >= 11 is 0. The minimum atomic E-state index is -2.68. The van der Waals surface area contributed by atoms with Gasteiger partial charge in [0.05, 0.1) is 12.6 Å². The molecule has 0 saturated heterocycles. The van der Waals surface area contributed by atoms with Crippen molar-refractivity contribution < 1.29 is 17.9 Å². The number of rotatable bonds is 4. The Balaban J connectivity index is 3.10. The summed E-state index contributed by atoms with van der Waals surface area (Å²) in [4.78, 5) is 0. The molecule has 1 unspecified atom stereocenters. The van der Waals surface area contributed by atoms with E-state index in [2.05, 4.69) is 0 Å². The summed E-state index contributed by atoms with van der Waals surface area (Å²) in [5.74, 6) is -0.0768. The number of benzene rings is 1. The highest BCUT2D eigenvalue weighted by molar-refractivity contribution is 5.39. The maximum absolute atomic E-state index is 13.4. The number of methoxy groups -OCH3 is 1. The van der Waals surface area contributed by atoms with E-state index < -0.39 is 17.8 Å². The van der Waals surface area contributed by atoms with Crippen LogP contribution in [0.15, 0.2) is 12.1 Å². The van der Waals surface area contributed by atoms with Crippen LogP contribution in [0.1, 0.15) is 18.1 Å². The molecule has 0 aromatic heterocycles. The molecule has 0 radical (unpaired) electrons. The molecule has 0 bridgehead atoms. The standard InChI is InChI=1S/C12H16F3NO/c1-7-4-10(17-3)8(5-9(7)13)6-12(2,16)11(14)15/h4-5,11H,6,16H2,1-3H3. The molecule has 0 spiro atoms. The van der Waals surface area contributed by atoms with Crippen LogP contribution in [0.5, 0.6) is 5.75 Å². The largest absolute Gasteiger partial charge is 0.496 e. The molecule has 0 aliphatic carbocycles. The van der Waals surface area contributed by atoms with Crippen molar-refractivity contribution in [2.45, 2.75) is 32.2 Å². The maximum Gasteiger partial charge on any atom is 0.256 e. The lowest BCUT2D eigenvalue weighted by atomic mass is 9.93. The van der Waals surface area contributed by atoms with Crippen LogP contribution in [-0.4, -0.2) is 19.1 Å². The van der Waals surface area contributed by atoms with Gasteiger partial charge in [-0.15, -0.1) is 0 Å². The van der Waals surface area contributed by atoms with Crippen molar-refractivity contribution in [3.05, 3.63) is 29.1 Å². The van der Waals surface area contributed by atoms with Gasteiger partial charge in [0.1, 0.15) is 11.6 Å². The van der Waals surface area contributed by atoms with Gasteiger partial charge in [-0.05, 0) is 43.5 Å². The summed E-state index contributed by atoms with van der Waals surface area (Å²) in [7, 11) is 1.41. The van der Waals surface area contributed by atoms with E-state index in [0.29, 0.717) is 16.9 Å². The Kier molecular flexibility index (Phi) is 4.03. The fraction of sp³-hybridized carbons (Fsp3) is 0.500. The van der Waals surface area contributed by atoms with E-state index in [1.54, 1.807) is 6.92 Å². The Morgan fingerprint density at radius 2 is 2.00 bits per heavy atom. The Hall–Kier alpha value is -1.23. The van der Waals surface area contributed by atoms with E-state index in [9.17, 15) is 13.2 Å². The van der Waals surface area contributed by atoms with Crippen LogP contribution in [-0.2, 0) is 6.42 Å². The van der Waals surface area contributed by atoms with Gasteiger partial charge in [0.15, 0.2) is 0 Å². The minimum absolute atomic E-state index is 0.148. The number of alkyl halides is 2. The van der Waals surface area contributed by atoms with Gasteiger partial charge in [-0.1, -0.05) is 0 Å². The lowest BCUT2D eigenvalue weighted by Gasteiger charge is -2.24. The number of nitrogens with two attached hydrogens (primary N) is 1. The molecule has 2 N–H and O–H groups in total. The third kappa shape index (κ3) is 3.12. The summed E-state index contributed by atoms with van der Waals surface area (Å²) in [5.41, 5.74) is 4.53. The number of ether oxygens (including phenoxy) is 1. The van der Waals surface area contributed by atoms with Crippen LogP contribution in [0.3, 0.4) is 0 Å². The van der Waals surface area contributed by atoms with Crippen molar-refractivity contribution in [1.29, 1.82) is 0 Å². The van der Waals surface area contributed by atoms with Crippen LogP contribution >= 0.6 is 0 Å². The normalized spacial score (nSPS) is 14.8. The summed E-state index contributed by atoms with van der Waals surface area (Å²) in [6, 6.07) is 2.67. The molecule has 0 saturated carbocycles. The molecular weight excluding hydrogens is 231 g/mol. The van der Waals surface area contributed by atoms with E-state index in [0.717, 1.165) is 0 Å². The molecule has 1 rings (SSSR count). The van der Waals surface area contributed by atoms with Crippen molar-refractivity contribution >= 4 is 0 Å². The average molecular weight is 247 g/mol. The molecule has 0 heterocycles. The second-order valence-electron chi connectivity index (χ2n) is 4.40. The second kappa shape index (κ2) is 4.96. The summed E-state index contributed by atoms with van der Waals surface area (Å²) in [5, 5.41) is 0. The third-order valence-electron chi connectivity index (χ3n) is 2.63. The highest BCUT2D eigenvalue weighted by atomic mass is 19.3. The molecule has 0 amide bonds. The molecular formula is C12H16F3NO. The first-order chi connectivity index (χ1) is 7.77. The molecule has 96 valence electrons. The van der Waals surface area contributed by atoms with Crippen LogP contribution in [0.2, 0.25) is 0 Å². The third-order valence-corrected chi connectivity index (χ3v) is 2.63. The first-order valence-corrected chi connectivity index (χ1v) is 5.18. The maximum atomic E-state index is 13.4. The minimum Gasteiger partial charge on any atom is -0.496 e. The molecule has 0 aliphatic heterocycles. The van der Waals surface area contributed by atoms with E-state index in [1.807, 2.05) is 0 Å². The smallest absolute Gasteiger partial charge is 0.256 e. The highest BCUT2D eigenvalue weighted by Gasteiger charge is 2.31. The van der Waals surface area contributed by atoms with E-state index in [4.69, 9.17) is 10.5 Å². The number of hydrogen-bond acceptors (Lipinski definition) is 2. The molecule has 0 fully saturated rings. The number of halogens is 3. The summed E-state index contributed by atoms with van der Waals surface area (Å²) < 4.78 is 43.7. The van der Waals surface area contributed by atoms with Crippen LogP contribution in [0.25, 0.3) is 0 Å². The van der Waals surface area contributed by atoms with Crippen molar-refractivity contribution in [1.82, 2.24) is 0 Å². The van der Waals surface area contributed by atoms with Gasteiger partial charge < -0.3 is 10.5 Å². The summed E-state index contributed by atoms with van der Waals surface area (Å²) in [6.07, 6.45) is -2.83. The van der Waals surface area contributed by atoms with Gasteiger partial charge in [0.2, 0.25) is 0 Å². The number of hydrogen-bond donors (Lipinski definition) is 1. The van der Waals surface area contributed by atoms with Crippen LogP contribution in [0.4, 0.5) is 13.2 Å². The zero-order valence-electron chi connectivity index (χ0n) is 10.1. The van der Waals surface area contributed by atoms with Gasteiger partial charge in [0.25, 0.3) is 6.43 Å². The van der Waals surface area contributed by atoms with Gasteiger partial charge in [0, 0.05) is 0 Å².